The second-order valence-electron chi connectivity index (χ2n) is 11.4. The third kappa shape index (κ3) is 8.84. The average Bonchev–Trinajstić information content (AvgIpc) is 3.75. The summed E-state index contributed by atoms with van der Waals surface area (Å²) in [6.45, 7) is 7.03. The maximum Gasteiger partial charge on any atom is 0.185 e. The average molecular weight is 608 g/mol. The van der Waals surface area contributed by atoms with Crippen LogP contribution in [0.25, 0.3) is 11.3 Å². The Kier molecular flexibility index (Phi) is 11.5. The van der Waals surface area contributed by atoms with Gasteiger partial charge in [-0.25, -0.2) is 4.98 Å². The van der Waals surface area contributed by atoms with Crippen LogP contribution >= 0.6 is 11.3 Å². The molecule has 1 aliphatic carbocycles. The molecule has 2 aromatic carbocycles. The van der Waals surface area contributed by atoms with Gasteiger partial charge in [0.05, 0.1) is 32.1 Å². The van der Waals surface area contributed by atoms with Crippen molar-refractivity contribution in [2.45, 2.75) is 50.9 Å². The predicted octanol–water partition coefficient (Wildman–Crippen LogP) is 5.96. The molecule has 2 heterocycles. The zero-order valence-corrected chi connectivity index (χ0v) is 26.1. The lowest BCUT2D eigenvalue weighted by Crippen LogP contribution is -2.40. The molecule has 0 bridgehead atoms. The lowest BCUT2D eigenvalue weighted by atomic mass is 10.0. The van der Waals surface area contributed by atoms with Crippen LogP contribution in [0.1, 0.15) is 61.3 Å². The zero-order valence-electron chi connectivity index (χ0n) is 25.2. The maximum absolute atomic E-state index is 8.76. The standard InChI is InChI=1S/C33H45N5O4S/c1-37(17-18-38-19-23-40-24-20-38)33-35-30(31(43-33)26-7-3-4-8-26)25-9-13-28(14-10-25)41-21-5-2-6-22-42-29-15-11-27(12-16-29)32(34)36-39/h9-16,26,39H,2-8,17-24H2,1H3,(H2,34,36). The number of thiazole rings is 1. The van der Waals surface area contributed by atoms with Crippen LogP contribution in [0, 0.1) is 0 Å². The van der Waals surface area contributed by atoms with Crippen LogP contribution in [-0.2, 0) is 4.74 Å². The van der Waals surface area contributed by atoms with Crippen LogP contribution < -0.4 is 20.1 Å². The van der Waals surface area contributed by atoms with E-state index in [1.54, 1.807) is 12.1 Å². The van der Waals surface area contributed by atoms with Gasteiger partial charge < -0.3 is 30.1 Å². The summed E-state index contributed by atoms with van der Waals surface area (Å²) in [5.41, 5.74) is 8.58. The SMILES string of the molecule is CN(CCN1CCOCC1)c1nc(-c2ccc(OCCCCCOc3ccc(/C(N)=N/O)cc3)cc2)c(C2CCCC2)s1. The van der Waals surface area contributed by atoms with Crippen LogP contribution in [-0.4, -0.2) is 80.6 Å². The fourth-order valence-electron chi connectivity index (χ4n) is 5.62. The van der Waals surface area contributed by atoms with Crippen LogP contribution in [0.15, 0.2) is 53.7 Å². The van der Waals surface area contributed by atoms with Gasteiger partial charge in [0, 0.05) is 49.2 Å². The van der Waals surface area contributed by atoms with Gasteiger partial charge in [-0.1, -0.05) is 18.0 Å². The summed E-state index contributed by atoms with van der Waals surface area (Å²) in [5, 5.41) is 12.9. The van der Waals surface area contributed by atoms with E-state index in [-0.39, 0.29) is 5.84 Å². The Morgan fingerprint density at radius 1 is 1.00 bits per heavy atom. The van der Waals surface area contributed by atoms with Crippen LogP contribution in [0.2, 0.25) is 0 Å². The first-order valence-corrected chi connectivity index (χ1v) is 16.4. The van der Waals surface area contributed by atoms with E-state index >= 15 is 0 Å². The molecule has 3 aromatic rings. The molecule has 0 radical (unpaired) electrons. The van der Waals surface area contributed by atoms with E-state index in [9.17, 15) is 0 Å². The first kappa shape index (κ1) is 31.1. The number of unbranched alkanes of at least 4 members (excludes halogenated alkanes) is 2. The molecule has 0 unspecified atom stereocenters. The molecule has 2 aliphatic rings. The quantitative estimate of drug-likeness (QED) is 0.0717. The second kappa shape index (κ2) is 15.9. The number of anilines is 1. The van der Waals surface area contributed by atoms with Crippen molar-refractivity contribution < 1.29 is 19.4 Å². The van der Waals surface area contributed by atoms with Gasteiger partial charge in [-0.2, -0.15) is 0 Å². The van der Waals surface area contributed by atoms with Crippen molar-refractivity contribution in [1.82, 2.24) is 9.88 Å². The lowest BCUT2D eigenvalue weighted by Gasteiger charge is -2.28. The third-order valence-electron chi connectivity index (χ3n) is 8.26. The number of morpholine rings is 1. The second-order valence-corrected chi connectivity index (χ2v) is 12.4. The minimum absolute atomic E-state index is 0.0887. The maximum atomic E-state index is 8.76. The number of benzene rings is 2. The highest BCUT2D eigenvalue weighted by atomic mass is 32.1. The summed E-state index contributed by atoms with van der Waals surface area (Å²) in [4.78, 5) is 11.4. The van der Waals surface area contributed by atoms with Gasteiger partial charge in [0.1, 0.15) is 11.5 Å². The molecule has 0 atom stereocenters. The Morgan fingerprint density at radius 3 is 2.26 bits per heavy atom. The van der Waals surface area contributed by atoms with Gasteiger partial charge in [-0.05, 0) is 86.6 Å². The number of nitrogens with zero attached hydrogens (tertiary/aromatic N) is 4. The van der Waals surface area contributed by atoms with Crippen molar-refractivity contribution in [3.63, 3.8) is 0 Å². The number of hydrogen-bond donors (Lipinski definition) is 2. The summed E-state index contributed by atoms with van der Waals surface area (Å²) in [7, 11) is 2.17. The number of nitrogens with two attached hydrogens (primary N) is 1. The number of rotatable bonds is 15. The van der Waals surface area contributed by atoms with Gasteiger partial charge >= 0.3 is 0 Å². The van der Waals surface area contributed by atoms with Crippen LogP contribution in [0.5, 0.6) is 11.5 Å². The monoisotopic (exact) mass is 607 g/mol. The highest BCUT2D eigenvalue weighted by molar-refractivity contribution is 7.16. The Morgan fingerprint density at radius 2 is 1.63 bits per heavy atom. The number of likely N-dealkylation sites (N-methyl/N-ethyl adjacent to an activating group) is 1. The first-order valence-electron chi connectivity index (χ1n) is 15.6. The normalized spacial score (nSPS) is 16.4. The van der Waals surface area contributed by atoms with Gasteiger partial charge in [0.2, 0.25) is 0 Å². The fourth-order valence-corrected chi connectivity index (χ4v) is 6.86. The number of aromatic nitrogens is 1. The highest BCUT2D eigenvalue weighted by Gasteiger charge is 2.26. The summed E-state index contributed by atoms with van der Waals surface area (Å²) < 4.78 is 17.3. The van der Waals surface area contributed by atoms with Crippen LogP contribution in [0.3, 0.4) is 0 Å². The van der Waals surface area contributed by atoms with Gasteiger partial charge in [-0.3, -0.25) is 4.90 Å². The molecule has 232 valence electrons. The molecule has 10 heteroatoms. The minimum Gasteiger partial charge on any atom is -0.494 e. The van der Waals surface area contributed by atoms with E-state index < -0.39 is 0 Å². The summed E-state index contributed by atoms with van der Waals surface area (Å²) in [6.07, 6.45) is 8.08. The number of ether oxygens (including phenoxy) is 3. The summed E-state index contributed by atoms with van der Waals surface area (Å²) in [5.74, 6) is 2.37. The van der Waals surface area contributed by atoms with E-state index in [4.69, 9.17) is 30.1 Å². The zero-order chi connectivity index (χ0) is 29.9. The van der Waals surface area contributed by atoms with Crippen molar-refractivity contribution in [2.75, 3.05) is 64.6 Å². The molecule has 43 heavy (non-hydrogen) atoms. The molecule has 5 rings (SSSR count). The van der Waals surface area contributed by atoms with E-state index in [0.29, 0.717) is 24.7 Å². The van der Waals surface area contributed by atoms with E-state index in [2.05, 4.69) is 46.3 Å². The molecule has 1 aromatic heterocycles. The van der Waals surface area contributed by atoms with E-state index in [1.807, 2.05) is 23.5 Å². The molecule has 3 N–H and O–H groups in total. The van der Waals surface area contributed by atoms with Gasteiger partial charge in [-0.15, -0.1) is 11.3 Å². The lowest BCUT2D eigenvalue weighted by molar-refractivity contribution is 0.0393. The Labute approximate surface area is 259 Å². The number of hydrogen-bond acceptors (Lipinski definition) is 9. The Hall–Kier alpha value is -3.34. The molecule has 1 saturated carbocycles. The molecule has 9 nitrogen and oxygen atoms in total. The minimum atomic E-state index is 0.0887. The van der Waals surface area contributed by atoms with Crippen molar-refractivity contribution in [2.24, 2.45) is 10.9 Å². The molecular weight excluding hydrogens is 562 g/mol. The van der Waals surface area contributed by atoms with Gasteiger partial charge in [0.15, 0.2) is 11.0 Å². The molecule has 2 fully saturated rings. The highest BCUT2D eigenvalue weighted by Crippen LogP contribution is 2.44. The molecule has 1 aliphatic heterocycles. The van der Waals surface area contributed by atoms with Crippen molar-refractivity contribution in [1.29, 1.82) is 0 Å². The first-order chi connectivity index (χ1) is 21.1. The van der Waals surface area contributed by atoms with Crippen molar-refractivity contribution >= 4 is 22.3 Å². The molecule has 0 amide bonds. The summed E-state index contributed by atoms with van der Waals surface area (Å²) in [6, 6.07) is 15.7. The fraction of sp³-hybridized carbons (Fsp3) is 0.515. The van der Waals surface area contributed by atoms with E-state index in [0.717, 1.165) is 81.0 Å². The number of oxime groups is 1. The predicted molar refractivity (Wildman–Crippen MR) is 173 cm³/mol. The topological polar surface area (TPSA) is 106 Å². The summed E-state index contributed by atoms with van der Waals surface area (Å²) >= 11 is 1.89. The Bertz CT molecular complexity index is 1290. The van der Waals surface area contributed by atoms with Crippen molar-refractivity contribution in [3.8, 4) is 22.8 Å². The molecule has 0 spiro atoms. The third-order valence-corrected chi connectivity index (χ3v) is 9.59. The number of amidine groups is 1. The smallest absolute Gasteiger partial charge is 0.185 e. The van der Waals surface area contributed by atoms with Gasteiger partial charge in [0.25, 0.3) is 0 Å². The van der Waals surface area contributed by atoms with E-state index in [1.165, 1.54) is 36.1 Å². The largest absolute Gasteiger partial charge is 0.494 e. The van der Waals surface area contributed by atoms with Crippen LogP contribution in [0.4, 0.5) is 5.13 Å². The molecular formula is C33H45N5O4S. The Balaban J connectivity index is 1.08. The molecule has 1 saturated heterocycles. The van der Waals surface area contributed by atoms with Crippen molar-refractivity contribution in [3.05, 3.63) is 59.0 Å².